The molecule has 0 bridgehead atoms. The number of methoxy groups -OCH3 is 1. The summed E-state index contributed by atoms with van der Waals surface area (Å²) in [7, 11) is 1.55. The van der Waals surface area contributed by atoms with E-state index in [1.54, 1.807) is 43.5 Å². The number of carbonyl (C=O) groups is 2. The third-order valence-electron chi connectivity index (χ3n) is 2.72. The van der Waals surface area contributed by atoms with Gasteiger partial charge in [-0.2, -0.15) is 0 Å². The number of ketones is 1. The van der Waals surface area contributed by atoms with Crippen LogP contribution in [-0.4, -0.2) is 24.0 Å². The average Bonchev–Trinajstić information content (AvgIpc) is 2.46. The highest BCUT2D eigenvalue weighted by Crippen LogP contribution is 2.16. The second kappa shape index (κ2) is 5.35. The predicted octanol–water partition coefficient (Wildman–Crippen LogP) is 2.62. The smallest absolute Gasteiger partial charge is 0.335 e. The van der Waals surface area contributed by atoms with Gasteiger partial charge < -0.3 is 9.84 Å². The van der Waals surface area contributed by atoms with Crippen molar-refractivity contribution >= 4 is 11.8 Å². The normalized spacial score (nSPS) is 9.95. The molecule has 0 unspecified atom stereocenters. The largest absolute Gasteiger partial charge is 0.497 e. The first-order valence-electron chi connectivity index (χ1n) is 5.64. The average molecular weight is 256 g/mol. The Labute approximate surface area is 110 Å². The van der Waals surface area contributed by atoms with Crippen molar-refractivity contribution in [3.05, 3.63) is 65.2 Å². The van der Waals surface area contributed by atoms with E-state index in [0.717, 1.165) is 0 Å². The van der Waals surface area contributed by atoms with Crippen LogP contribution in [0.3, 0.4) is 0 Å². The lowest BCUT2D eigenvalue weighted by Crippen LogP contribution is -2.04. The molecule has 0 aliphatic rings. The molecule has 2 rings (SSSR count). The maximum absolute atomic E-state index is 12.2. The van der Waals surface area contributed by atoms with Crippen LogP contribution in [-0.2, 0) is 0 Å². The Balaban J connectivity index is 2.32. The molecule has 0 saturated carbocycles. The first-order chi connectivity index (χ1) is 9.11. The number of ether oxygens (including phenoxy) is 1. The fraction of sp³-hybridized carbons (Fsp3) is 0.0667. The Bertz CT molecular complexity index is 614. The second-order valence-electron chi connectivity index (χ2n) is 3.94. The van der Waals surface area contributed by atoms with Crippen LogP contribution in [0, 0.1) is 0 Å². The maximum Gasteiger partial charge on any atom is 0.335 e. The Kier molecular flexibility index (Phi) is 3.61. The number of hydrogen-bond acceptors (Lipinski definition) is 3. The lowest BCUT2D eigenvalue weighted by Gasteiger charge is -2.04. The van der Waals surface area contributed by atoms with Gasteiger partial charge in [0, 0.05) is 11.1 Å². The number of aromatic carboxylic acids is 1. The van der Waals surface area contributed by atoms with Crippen LogP contribution in [0.2, 0.25) is 0 Å². The van der Waals surface area contributed by atoms with Gasteiger partial charge in [0.1, 0.15) is 5.75 Å². The molecule has 0 fully saturated rings. The molecule has 4 nitrogen and oxygen atoms in total. The van der Waals surface area contributed by atoms with Crippen molar-refractivity contribution in [1.82, 2.24) is 0 Å². The third kappa shape index (κ3) is 2.80. The molecule has 4 heteroatoms. The number of carbonyl (C=O) groups excluding carboxylic acids is 1. The quantitative estimate of drug-likeness (QED) is 0.854. The van der Waals surface area contributed by atoms with Crippen LogP contribution in [0.15, 0.2) is 48.5 Å². The highest BCUT2D eigenvalue weighted by molar-refractivity contribution is 6.09. The molecule has 96 valence electrons. The maximum atomic E-state index is 12.2. The van der Waals surface area contributed by atoms with Crippen molar-refractivity contribution in [2.45, 2.75) is 0 Å². The van der Waals surface area contributed by atoms with Crippen LogP contribution >= 0.6 is 0 Å². The molecule has 0 radical (unpaired) electrons. The van der Waals surface area contributed by atoms with E-state index >= 15 is 0 Å². The highest BCUT2D eigenvalue weighted by atomic mass is 16.5. The van der Waals surface area contributed by atoms with Gasteiger partial charge in [0.25, 0.3) is 0 Å². The summed E-state index contributed by atoms with van der Waals surface area (Å²) >= 11 is 0. The molecular formula is C15H12O4. The van der Waals surface area contributed by atoms with Gasteiger partial charge in [0.05, 0.1) is 12.7 Å². The Morgan fingerprint density at radius 1 is 0.947 bits per heavy atom. The summed E-state index contributed by atoms with van der Waals surface area (Å²) in [6.45, 7) is 0. The molecule has 2 aromatic carbocycles. The fourth-order valence-electron chi connectivity index (χ4n) is 1.70. The molecule has 1 N–H and O–H groups in total. The number of carboxylic acid groups (broad SMARTS) is 1. The molecule has 0 spiro atoms. The summed E-state index contributed by atoms with van der Waals surface area (Å²) in [5, 5.41) is 8.90. The minimum absolute atomic E-state index is 0.0966. The van der Waals surface area contributed by atoms with E-state index < -0.39 is 5.97 Å². The predicted molar refractivity (Wildman–Crippen MR) is 69.8 cm³/mol. The van der Waals surface area contributed by atoms with Gasteiger partial charge in [-0.25, -0.2) is 4.79 Å². The fourth-order valence-corrected chi connectivity index (χ4v) is 1.70. The van der Waals surface area contributed by atoms with E-state index in [9.17, 15) is 9.59 Å². The van der Waals surface area contributed by atoms with E-state index in [-0.39, 0.29) is 11.3 Å². The monoisotopic (exact) mass is 256 g/mol. The van der Waals surface area contributed by atoms with Crippen molar-refractivity contribution in [3.63, 3.8) is 0 Å². The molecule has 0 atom stereocenters. The first-order valence-corrected chi connectivity index (χ1v) is 5.64. The number of carboxylic acids is 1. The highest BCUT2D eigenvalue weighted by Gasteiger charge is 2.11. The molecule has 19 heavy (non-hydrogen) atoms. The summed E-state index contributed by atoms with van der Waals surface area (Å²) in [6.07, 6.45) is 0. The SMILES string of the molecule is COc1ccc(C(=O)c2cccc(C(=O)O)c2)cc1. The van der Waals surface area contributed by atoms with Gasteiger partial charge in [0.15, 0.2) is 5.78 Å². The number of rotatable bonds is 4. The molecule has 0 aliphatic carbocycles. The van der Waals surface area contributed by atoms with E-state index in [0.29, 0.717) is 16.9 Å². The van der Waals surface area contributed by atoms with Gasteiger partial charge in [-0.3, -0.25) is 4.79 Å². The van der Waals surface area contributed by atoms with Crippen molar-refractivity contribution < 1.29 is 19.4 Å². The molecule has 0 aliphatic heterocycles. The third-order valence-corrected chi connectivity index (χ3v) is 2.72. The van der Waals surface area contributed by atoms with Gasteiger partial charge in [-0.05, 0) is 36.4 Å². The van der Waals surface area contributed by atoms with Crippen molar-refractivity contribution in [3.8, 4) is 5.75 Å². The lowest BCUT2D eigenvalue weighted by atomic mass is 10.0. The topological polar surface area (TPSA) is 63.6 Å². The zero-order chi connectivity index (χ0) is 13.8. The van der Waals surface area contributed by atoms with Crippen LogP contribution in [0.1, 0.15) is 26.3 Å². The van der Waals surface area contributed by atoms with Crippen LogP contribution in [0.5, 0.6) is 5.75 Å². The van der Waals surface area contributed by atoms with E-state index in [2.05, 4.69) is 0 Å². The summed E-state index contributed by atoms with van der Waals surface area (Å²) in [4.78, 5) is 23.1. The Morgan fingerprint density at radius 2 is 1.58 bits per heavy atom. The lowest BCUT2D eigenvalue weighted by molar-refractivity contribution is 0.0697. The standard InChI is InChI=1S/C15H12O4/c1-19-13-7-5-10(6-8-13)14(16)11-3-2-4-12(9-11)15(17)18/h2-9H,1H3,(H,17,18). The molecule has 2 aromatic rings. The minimum atomic E-state index is -1.05. The van der Waals surface area contributed by atoms with Crippen LogP contribution < -0.4 is 4.74 Å². The molecular weight excluding hydrogens is 244 g/mol. The van der Waals surface area contributed by atoms with E-state index in [1.807, 2.05) is 0 Å². The van der Waals surface area contributed by atoms with Crippen LogP contribution in [0.4, 0.5) is 0 Å². The van der Waals surface area contributed by atoms with Crippen molar-refractivity contribution in [1.29, 1.82) is 0 Å². The summed E-state index contributed by atoms with van der Waals surface area (Å²) in [5.41, 5.74) is 0.938. The molecule has 0 saturated heterocycles. The van der Waals surface area contributed by atoms with Gasteiger partial charge in [-0.1, -0.05) is 12.1 Å². The van der Waals surface area contributed by atoms with Crippen molar-refractivity contribution in [2.75, 3.05) is 7.11 Å². The zero-order valence-corrected chi connectivity index (χ0v) is 10.3. The molecule has 0 aromatic heterocycles. The Morgan fingerprint density at radius 3 is 2.16 bits per heavy atom. The minimum Gasteiger partial charge on any atom is -0.497 e. The van der Waals surface area contributed by atoms with Crippen LogP contribution in [0.25, 0.3) is 0 Å². The zero-order valence-electron chi connectivity index (χ0n) is 10.3. The number of benzene rings is 2. The van der Waals surface area contributed by atoms with Gasteiger partial charge >= 0.3 is 5.97 Å². The van der Waals surface area contributed by atoms with Crippen molar-refractivity contribution in [2.24, 2.45) is 0 Å². The summed E-state index contributed by atoms with van der Waals surface area (Å²) < 4.78 is 5.02. The van der Waals surface area contributed by atoms with E-state index in [1.165, 1.54) is 12.1 Å². The number of hydrogen-bond donors (Lipinski definition) is 1. The second-order valence-corrected chi connectivity index (χ2v) is 3.94. The summed E-state index contributed by atoms with van der Waals surface area (Å²) in [5.74, 6) is -0.606. The van der Waals surface area contributed by atoms with E-state index in [4.69, 9.17) is 9.84 Å². The molecule has 0 amide bonds. The summed E-state index contributed by atoms with van der Waals surface area (Å²) in [6, 6.07) is 12.6. The first kappa shape index (κ1) is 12.8. The molecule has 0 heterocycles. The Hall–Kier alpha value is -2.62. The van der Waals surface area contributed by atoms with Gasteiger partial charge in [0.2, 0.25) is 0 Å². The van der Waals surface area contributed by atoms with Gasteiger partial charge in [-0.15, -0.1) is 0 Å².